The number of rotatable bonds is 3. The van der Waals surface area contributed by atoms with Gasteiger partial charge in [-0.05, 0) is 25.0 Å². The minimum Gasteiger partial charge on any atom is -0.472 e. The van der Waals surface area contributed by atoms with Crippen molar-refractivity contribution in [3.05, 3.63) is 41.8 Å². The van der Waals surface area contributed by atoms with Gasteiger partial charge in [0.25, 0.3) is 0 Å². The number of hydrogen-bond donors (Lipinski definition) is 0. The maximum absolute atomic E-state index is 5.90. The van der Waals surface area contributed by atoms with Gasteiger partial charge in [0.15, 0.2) is 0 Å². The van der Waals surface area contributed by atoms with Gasteiger partial charge in [-0.15, -0.1) is 0 Å². The summed E-state index contributed by atoms with van der Waals surface area (Å²) in [5.74, 6) is 1.36. The highest BCUT2D eigenvalue weighted by Gasteiger charge is 2.23. The molecule has 0 aliphatic carbocycles. The van der Waals surface area contributed by atoms with E-state index in [1.165, 1.54) is 0 Å². The van der Waals surface area contributed by atoms with E-state index in [0.717, 1.165) is 31.9 Å². The number of anilines is 1. The van der Waals surface area contributed by atoms with Crippen LogP contribution in [0.15, 0.2) is 36.8 Å². The molecule has 5 nitrogen and oxygen atoms in total. The average molecular weight is 291 g/mol. The maximum atomic E-state index is 5.90. The Bertz CT molecular complexity index is 549. The quantitative estimate of drug-likeness (QED) is 0.869. The van der Waals surface area contributed by atoms with Crippen molar-refractivity contribution in [1.29, 1.82) is 0 Å². The Balaban J connectivity index is 1.65. The van der Waals surface area contributed by atoms with Crippen molar-refractivity contribution in [1.82, 2.24) is 15.0 Å². The molecule has 1 saturated heterocycles. The lowest BCUT2D eigenvalue weighted by Gasteiger charge is -2.32. The fourth-order valence-electron chi connectivity index (χ4n) is 2.27. The Labute approximate surface area is 122 Å². The molecule has 6 heteroatoms. The van der Waals surface area contributed by atoms with Crippen LogP contribution < -0.4 is 9.64 Å². The number of aromatic nitrogens is 3. The molecule has 104 valence electrons. The topological polar surface area (TPSA) is 51.1 Å². The molecule has 2 aromatic rings. The standard InChI is InChI=1S/C14H15ClN4O/c15-11-4-5-13(18-9-11)20-12-3-1-8-19(10-12)14-16-6-2-7-17-14/h2,4-7,9,12H,1,3,8,10H2. The Morgan fingerprint density at radius 3 is 2.80 bits per heavy atom. The Morgan fingerprint density at radius 2 is 2.05 bits per heavy atom. The minimum atomic E-state index is 0.0984. The van der Waals surface area contributed by atoms with Crippen LogP contribution in [0.4, 0.5) is 5.95 Å². The molecule has 1 unspecified atom stereocenters. The highest BCUT2D eigenvalue weighted by molar-refractivity contribution is 6.30. The first-order valence-corrected chi connectivity index (χ1v) is 6.99. The van der Waals surface area contributed by atoms with E-state index in [9.17, 15) is 0 Å². The summed E-state index contributed by atoms with van der Waals surface area (Å²) in [4.78, 5) is 14.9. The van der Waals surface area contributed by atoms with E-state index in [1.54, 1.807) is 30.7 Å². The molecule has 0 aromatic carbocycles. The van der Waals surface area contributed by atoms with E-state index in [1.807, 2.05) is 6.07 Å². The largest absolute Gasteiger partial charge is 0.472 e. The van der Waals surface area contributed by atoms with Crippen molar-refractivity contribution in [3.63, 3.8) is 0 Å². The van der Waals surface area contributed by atoms with Crippen LogP contribution in [0, 0.1) is 0 Å². The van der Waals surface area contributed by atoms with E-state index in [-0.39, 0.29) is 6.10 Å². The molecule has 1 aliphatic rings. The number of pyridine rings is 1. The molecule has 1 aliphatic heterocycles. The van der Waals surface area contributed by atoms with E-state index in [4.69, 9.17) is 16.3 Å². The summed E-state index contributed by atoms with van der Waals surface area (Å²) in [6, 6.07) is 5.39. The second-order valence-corrected chi connectivity index (χ2v) is 5.13. The lowest BCUT2D eigenvalue weighted by Crippen LogP contribution is -2.42. The number of halogens is 1. The predicted octanol–water partition coefficient (Wildman–Crippen LogP) is 2.57. The van der Waals surface area contributed by atoms with Crippen LogP contribution in [0.5, 0.6) is 5.88 Å². The van der Waals surface area contributed by atoms with E-state index in [2.05, 4.69) is 19.9 Å². The van der Waals surface area contributed by atoms with Crippen LogP contribution in [0.3, 0.4) is 0 Å². The van der Waals surface area contributed by atoms with Crippen molar-refractivity contribution in [3.8, 4) is 5.88 Å². The van der Waals surface area contributed by atoms with Gasteiger partial charge < -0.3 is 9.64 Å². The molecule has 20 heavy (non-hydrogen) atoms. The zero-order chi connectivity index (χ0) is 13.8. The Morgan fingerprint density at radius 1 is 1.20 bits per heavy atom. The minimum absolute atomic E-state index is 0.0984. The van der Waals surface area contributed by atoms with Crippen molar-refractivity contribution in [2.75, 3.05) is 18.0 Å². The van der Waals surface area contributed by atoms with Crippen molar-refractivity contribution in [2.24, 2.45) is 0 Å². The molecule has 0 saturated carbocycles. The third kappa shape index (κ3) is 3.17. The second-order valence-electron chi connectivity index (χ2n) is 4.69. The van der Waals surface area contributed by atoms with Gasteiger partial charge in [-0.25, -0.2) is 15.0 Å². The molecule has 0 spiro atoms. The molecular weight excluding hydrogens is 276 g/mol. The van der Waals surface area contributed by atoms with Gasteiger partial charge in [0.2, 0.25) is 11.8 Å². The van der Waals surface area contributed by atoms with Crippen LogP contribution in [0.25, 0.3) is 0 Å². The third-order valence-electron chi connectivity index (χ3n) is 3.20. The van der Waals surface area contributed by atoms with Crippen LogP contribution in [-0.4, -0.2) is 34.1 Å². The molecule has 0 N–H and O–H groups in total. The first-order chi connectivity index (χ1) is 9.81. The van der Waals surface area contributed by atoms with Gasteiger partial charge >= 0.3 is 0 Å². The van der Waals surface area contributed by atoms with E-state index < -0.39 is 0 Å². The molecule has 1 atom stereocenters. The maximum Gasteiger partial charge on any atom is 0.225 e. The van der Waals surface area contributed by atoms with Gasteiger partial charge in [0.1, 0.15) is 6.10 Å². The monoisotopic (exact) mass is 290 g/mol. The normalized spacial score (nSPS) is 18.9. The molecular formula is C14H15ClN4O. The van der Waals surface area contributed by atoms with E-state index >= 15 is 0 Å². The number of piperidine rings is 1. The fourth-order valence-corrected chi connectivity index (χ4v) is 2.39. The summed E-state index contributed by atoms with van der Waals surface area (Å²) in [7, 11) is 0. The van der Waals surface area contributed by atoms with Crippen molar-refractivity contribution in [2.45, 2.75) is 18.9 Å². The van der Waals surface area contributed by atoms with Crippen LogP contribution in [0.2, 0.25) is 5.02 Å². The Hall–Kier alpha value is -1.88. The average Bonchev–Trinajstić information content (AvgIpc) is 2.51. The molecule has 2 aromatic heterocycles. The summed E-state index contributed by atoms with van der Waals surface area (Å²) in [5.41, 5.74) is 0. The fraction of sp³-hybridized carbons (Fsp3) is 0.357. The van der Waals surface area contributed by atoms with Crippen LogP contribution in [0.1, 0.15) is 12.8 Å². The number of hydrogen-bond acceptors (Lipinski definition) is 5. The summed E-state index contributed by atoms with van der Waals surface area (Å²) in [6.45, 7) is 1.73. The molecule has 0 bridgehead atoms. The number of nitrogens with zero attached hydrogens (tertiary/aromatic N) is 4. The van der Waals surface area contributed by atoms with Crippen LogP contribution in [-0.2, 0) is 0 Å². The summed E-state index contributed by atoms with van der Waals surface area (Å²) < 4.78 is 5.90. The SMILES string of the molecule is Clc1ccc(OC2CCCN(c3ncccn3)C2)nc1. The summed E-state index contributed by atoms with van der Waals surface area (Å²) in [5, 5.41) is 0.611. The number of ether oxygens (including phenoxy) is 1. The van der Waals surface area contributed by atoms with E-state index in [0.29, 0.717) is 10.9 Å². The summed E-state index contributed by atoms with van der Waals surface area (Å²) in [6.07, 6.45) is 7.27. The zero-order valence-electron chi connectivity index (χ0n) is 10.9. The zero-order valence-corrected chi connectivity index (χ0v) is 11.7. The molecule has 1 fully saturated rings. The molecule has 3 rings (SSSR count). The van der Waals surface area contributed by atoms with Gasteiger partial charge in [0.05, 0.1) is 11.6 Å². The molecule has 3 heterocycles. The Kier molecular flexibility index (Phi) is 3.97. The first kappa shape index (κ1) is 13.1. The molecule has 0 radical (unpaired) electrons. The van der Waals surface area contributed by atoms with Crippen molar-refractivity contribution >= 4 is 17.5 Å². The van der Waals surface area contributed by atoms with Crippen molar-refractivity contribution < 1.29 is 4.74 Å². The van der Waals surface area contributed by atoms with Gasteiger partial charge in [-0.2, -0.15) is 0 Å². The third-order valence-corrected chi connectivity index (χ3v) is 3.42. The molecule has 0 amide bonds. The highest BCUT2D eigenvalue weighted by atomic mass is 35.5. The van der Waals surface area contributed by atoms with Gasteiger partial charge in [0, 0.05) is 31.2 Å². The lowest BCUT2D eigenvalue weighted by molar-refractivity contribution is 0.171. The highest BCUT2D eigenvalue weighted by Crippen LogP contribution is 2.20. The lowest BCUT2D eigenvalue weighted by atomic mass is 10.1. The van der Waals surface area contributed by atoms with Gasteiger partial charge in [-0.3, -0.25) is 0 Å². The van der Waals surface area contributed by atoms with Crippen LogP contribution >= 0.6 is 11.6 Å². The second kappa shape index (κ2) is 6.05. The summed E-state index contributed by atoms with van der Waals surface area (Å²) >= 11 is 5.81. The van der Waals surface area contributed by atoms with Gasteiger partial charge in [-0.1, -0.05) is 11.6 Å². The first-order valence-electron chi connectivity index (χ1n) is 6.61. The predicted molar refractivity (Wildman–Crippen MR) is 77.1 cm³/mol. The smallest absolute Gasteiger partial charge is 0.225 e.